The molecule has 2 heterocycles. The Bertz CT molecular complexity index is 1400. The van der Waals surface area contributed by atoms with Gasteiger partial charge in [-0.25, -0.2) is 4.79 Å². The number of hydrogen-bond donors (Lipinski definition) is 3. The predicted molar refractivity (Wildman–Crippen MR) is 118 cm³/mol. The van der Waals surface area contributed by atoms with Crippen LogP contribution in [0.2, 0.25) is 0 Å². The van der Waals surface area contributed by atoms with Crippen molar-refractivity contribution in [3.63, 3.8) is 0 Å². The van der Waals surface area contributed by atoms with E-state index in [9.17, 15) is 14.4 Å². The van der Waals surface area contributed by atoms with Gasteiger partial charge in [-0.2, -0.15) is 0 Å². The molecular formula is C21H16BrN5O5. The smallest absolute Gasteiger partial charge is 0.355 e. The maximum Gasteiger partial charge on any atom is 0.439 e. The Morgan fingerprint density at radius 2 is 1.91 bits per heavy atom. The molecule has 2 amide bonds. The fraction of sp³-hybridized carbons (Fsp3) is 0.190. The summed E-state index contributed by atoms with van der Waals surface area (Å²) in [5, 5.41) is 13.7. The summed E-state index contributed by atoms with van der Waals surface area (Å²) in [7, 11) is 0. The summed E-state index contributed by atoms with van der Waals surface area (Å²) in [6, 6.07) is 10.1. The van der Waals surface area contributed by atoms with Gasteiger partial charge in [0, 0.05) is 21.6 Å². The Morgan fingerprint density at radius 3 is 2.62 bits per heavy atom. The zero-order valence-corrected chi connectivity index (χ0v) is 18.1. The van der Waals surface area contributed by atoms with E-state index in [1.54, 1.807) is 36.4 Å². The van der Waals surface area contributed by atoms with E-state index in [0.29, 0.717) is 32.4 Å². The molecule has 32 heavy (non-hydrogen) atoms. The van der Waals surface area contributed by atoms with Gasteiger partial charge in [0.2, 0.25) is 5.91 Å². The molecule has 1 fully saturated rings. The number of aromatic amines is 1. The van der Waals surface area contributed by atoms with Crippen LogP contribution in [0, 0.1) is 5.92 Å². The number of halogens is 1. The molecule has 0 bridgehead atoms. The van der Waals surface area contributed by atoms with Crippen molar-refractivity contribution < 1.29 is 18.6 Å². The molecule has 0 atom stereocenters. The number of carbonyl (C=O) groups excluding carboxylic acids is 2. The Balaban J connectivity index is 1.43. The van der Waals surface area contributed by atoms with Crippen molar-refractivity contribution in [2.24, 2.45) is 5.92 Å². The molecule has 1 aliphatic rings. The van der Waals surface area contributed by atoms with Crippen LogP contribution in [0.4, 0.5) is 11.4 Å². The molecule has 0 spiro atoms. The fourth-order valence-corrected chi connectivity index (χ4v) is 3.80. The van der Waals surface area contributed by atoms with Crippen molar-refractivity contribution in [1.29, 1.82) is 0 Å². The van der Waals surface area contributed by atoms with Crippen molar-refractivity contribution in [3.05, 3.63) is 57.1 Å². The van der Waals surface area contributed by atoms with Crippen LogP contribution in [0.1, 0.15) is 29.8 Å². The second-order valence-electron chi connectivity index (χ2n) is 7.45. The van der Waals surface area contributed by atoms with E-state index in [4.69, 9.17) is 4.52 Å². The highest BCUT2D eigenvalue weighted by Crippen LogP contribution is 2.31. The van der Waals surface area contributed by atoms with Gasteiger partial charge >= 0.3 is 5.76 Å². The van der Waals surface area contributed by atoms with Crippen molar-refractivity contribution in [2.75, 3.05) is 10.6 Å². The average molecular weight is 498 g/mol. The third kappa shape index (κ3) is 3.82. The highest BCUT2D eigenvalue weighted by molar-refractivity contribution is 9.10. The minimum atomic E-state index is -0.712. The first-order chi connectivity index (χ1) is 15.5. The Morgan fingerprint density at radius 1 is 1.06 bits per heavy atom. The molecule has 3 N–H and O–H groups in total. The molecular weight excluding hydrogens is 482 g/mol. The van der Waals surface area contributed by atoms with Crippen LogP contribution in [0.3, 0.4) is 0 Å². The highest BCUT2D eigenvalue weighted by atomic mass is 79.9. The molecule has 162 valence electrons. The van der Waals surface area contributed by atoms with Gasteiger partial charge in [0.25, 0.3) is 5.91 Å². The summed E-state index contributed by atoms with van der Waals surface area (Å²) in [5.41, 5.74) is 1.86. The maximum absolute atomic E-state index is 13.0. The number of carbonyl (C=O) groups is 2. The summed E-state index contributed by atoms with van der Waals surface area (Å²) in [6.07, 6.45) is 2.84. The molecule has 0 unspecified atom stereocenters. The summed E-state index contributed by atoms with van der Waals surface area (Å²) < 4.78 is 10.6. The van der Waals surface area contributed by atoms with Crippen LogP contribution in [0.15, 0.2) is 54.7 Å². The van der Waals surface area contributed by atoms with Gasteiger partial charge in [-0.05, 0) is 49.2 Å². The van der Waals surface area contributed by atoms with Crippen molar-refractivity contribution >= 4 is 50.1 Å². The normalized spacial score (nSPS) is 13.7. The SMILES string of the molecule is O=C(Nc1ccc(Br)cc1-c1noc(=O)[nH]1)c1noc2ccc(NC(=O)C3CCC3)cc12. The lowest BCUT2D eigenvalue weighted by Gasteiger charge is -2.24. The van der Waals surface area contributed by atoms with Crippen LogP contribution in [-0.2, 0) is 4.79 Å². The largest absolute Gasteiger partial charge is 0.439 e. The second kappa shape index (κ2) is 8.08. The zero-order chi connectivity index (χ0) is 22.2. The van der Waals surface area contributed by atoms with E-state index in [1.807, 2.05) is 0 Å². The molecule has 2 aromatic carbocycles. The first kappa shape index (κ1) is 20.2. The molecule has 10 nitrogen and oxygen atoms in total. The van der Waals surface area contributed by atoms with Crippen LogP contribution >= 0.6 is 15.9 Å². The minimum Gasteiger partial charge on any atom is -0.355 e. The lowest BCUT2D eigenvalue weighted by Crippen LogP contribution is -2.27. The van der Waals surface area contributed by atoms with Gasteiger partial charge in [-0.1, -0.05) is 32.7 Å². The number of amides is 2. The molecule has 4 aromatic rings. The van der Waals surface area contributed by atoms with Crippen LogP contribution < -0.4 is 16.4 Å². The number of aromatic nitrogens is 3. The zero-order valence-electron chi connectivity index (χ0n) is 16.5. The van der Waals surface area contributed by atoms with E-state index in [0.717, 1.165) is 19.3 Å². The van der Waals surface area contributed by atoms with Gasteiger partial charge in [-0.15, -0.1) is 0 Å². The summed E-state index contributed by atoms with van der Waals surface area (Å²) in [4.78, 5) is 39.1. The van der Waals surface area contributed by atoms with E-state index in [-0.39, 0.29) is 23.3 Å². The molecule has 11 heteroatoms. The quantitative estimate of drug-likeness (QED) is 0.378. The van der Waals surface area contributed by atoms with E-state index in [1.165, 1.54) is 0 Å². The number of anilines is 2. The van der Waals surface area contributed by atoms with E-state index in [2.05, 4.69) is 46.4 Å². The summed E-state index contributed by atoms with van der Waals surface area (Å²) in [5.74, 6) is -1.07. The number of benzene rings is 2. The number of rotatable bonds is 5. The lowest BCUT2D eigenvalue weighted by molar-refractivity contribution is -0.122. The lowest BCUT2D eigenvalue weighted by atomic mass is 9.85. The van der Waals surface area contributed by atoms with E-state index < -0.39 is 11.7 Å². The number of nitrogens with one attached hydrogen (secondary N) is 3. The molecule has 5 rings (SSSR count). The second-order valence-corrected chi connectivity index (χ2v) is 8.36. The van der Waals surface area contributed by atoms with Crippen LogP contribution in [0.25, 0.3) is 22.4 Å². The molecule has 0 aliphatic heterocycles. The predicted octanol–water partition coefficient (Wildman–Crippen LogP) is 3.92. The average Bonchev–Trinajstić information content (AvgIpc) is 3.34. The van der Waals surface area contributed by atoms with Gasteiger partial charge < -0.3 is 15.2 Å². The Labute approximate surface area is 188 Å². The Hall–Kier alpha value is -3.73. The maximum atomic E-state index is 13.0. The number of fused-ring (bicyclic) bond motifs is 1. The fourth-order valence-electron chi connectivity index (χ4n) is 3.44. The van der Waals surface area contributed by atoms with Gasteiger partial charge in [0.1, 0.15) is 0 Å². The number of H-pyrrole nitrogens is 1. The van der Waals surface area contributed by atoms with Crippen LogP contribution in [0.5, 0.6) is 0 Å². The summed E-state index contributed by atoms with van der Waals surface area (Å²) in [6.45, 7) is 0. The van der Waals surface area contributed by atoms with E-state index >= 15 is 0 Å². The van der Waals surface area contributed by atoms with Gasteiger partial charge in [0.05, 0.1) is 11.1 Å². The standard InChI is InChI=1S/C21H16BrN5O5/c22-11-4-6-15(13(8-11)18-25-21(30)32-27-18)24-20(29)17-14-9-12(5-7-16(14)31-26-17)23-19(28)10-2-1-3-10/h4-10H,1-3H2,(H,23,28)(H,24,29)(H,25,27,30). The van der Waals surface area contributed by atoms with Crippen molar-refractivity contribution in [2.45, 2.75) is 19.3 Å². The third-order valence-corrected chi connectivity index (χ3v) is 5.85. The van der Waals surface area contributed by atoms with Crippen molar-refractivity contribution in [1.82, 2.24) is 15.3 Å². The monoisotopic (exact) mass is 497 g/mol. The molecule has 2 aromatic heterocycles. The number of hydrogen-bond acceptors (Lipinski definition) is 7. The molecule has 1 aliphatic carbocycles. The van der Waals surface area contributed by atoms with Crippen molar-refractivity contribution in [3.8, 4) is 11.4 Å². The number of nitrogens with zero attached hydrogens (tertiary/aromatic N) is 2. The van der Waals surface area contributed by atoms with Gasteiger partial charge in [-0.3, -0.25) is 19.1 Å². The highest BCUT2D eigenvalue weighted by Gasteiger charge is 2.26. The third-order valence-electron chi connectivity index (χ3n) is 5.35. The van der Waals surface area contributed by atoms with Crippen LogP contribution in [-0.4, -0.2) is 27.1 Å². The minimum absolute atomic E-state index is 0.0286. The first-order valence-electron chi connectivity index (χ1n) is 9.85. The first-order valence-corrected chi connectivity index (χ1v) is 10.6. The molecule has 0 saturated heterocycles. The van der Waals surface area contributed by atoms with Gasteiger partial charge in [0.15, 0.2) is 17.1 Å². The molecule has 0 radical (unpaired) electrons. The topological polar surface area (TPSA) is 143 Å². The summed E-state index contributed by atoms with van der Waals surface area (Å²) >= 11 is 3.36. The Kier molecular flexibility index (Phi) is 5.10. The molecule has 1 saturated carbocycles.